The zero-order valence-corrected chi connectivity index (χ0v) is 15.3. The maximum atomic E-state index is 5.20. The average molecular weight is 361 g/mol. The normalized spacial score (nSPS) is 10.8. The smallest absolute Gasteiger partial charge is 0.138 e. The number of anilines is 1. The van der Waals surface area contributed by atoms with Crippen LogP contribution in [0.15, 0.2) is 67.0 Å². The third-order valence-corrected chi connectivity index (χ3v) is 5.35. The minimum Gasteiger partial charge on any atom is -0.497 e. The summed E-state index contributed by atoms with van der Waals surface area (Å²) in [4.78, 5) is 11.1. The van der Waals surface area contributed by atoms with Crippen molar-refractivity contribution in [1.29, 1.82) is 0 Å². The maximum Gasteiger partial charge on any atom is 0.138 e. The summed E-state index contributed by atoms with van der Waals surface area (Å²) in [6.07, 6.45) is 2.55. The molecule has 0 atom stereocenters. The average Bonchev–Trinajstić information content (AvgIpc) is 3.14. The van der Waals surface area contributed by atoms with Crippen molar-refractivity contribution >= 4 is 27.4 Å². The van der Waals surface area contributed by atoms with Crippen molar-refractivity contribution in [1.82, 2.24) is 9.97 Å². The fraction of sp³-hybridized carbons (Fsp3) is 0.143. The van der Waals surface area contributed by atoms with Gasteiger partial charge in [0.05, 0.1) is 12.5 Å². The molecule has 0 bridgehead atoms. The number of fused-ring (bicyclic) bond motifs is 1. The summed E-state index contributed by atoms with van der Waals surface area (Å²) in [5.74, 6) is 1.77. The lowest BCUT2D eigenvalue weighted by molar-refractivity contribution is 0.414. The predicted molar refractivity (Wildman–Crippen MR) is 108 cm³/mol. The van der Waals surface area contributed by atoms with Gasteiger partial charge in [0.1, 0.15) is 22.7 Å². The number of rotatable bonds is 6. The number of hydrogen-bond acceptors (Lipinski definition) is 5. The van der Waals surface area contributed by atoms with Crippen LogP contribution in [0.3, 0.4) is 0 Å². The van der Waals surface area contributed by atoms with Crippen LogP contribution in [0.1, 0.15) is 5.56 Å². The van der Waals surface area contributed by atoms with Crippen LogP contribution >= 0.6 is 11.3 Å². The number of aromatic nitrogens is 2. The second kappa shape index (κ2) is 7.54. The molecule has 2 heterocycles. The predicted octanol–water partition coefficient (Wildman–Crippen LogP) is 5.02. The van der Waals surface area contributed by atoms with Gasteiger partial charge in [-0.25, -0.2) is 9.97 Å². The molecule has 0 spiro atoms. The van der Waals surface area contributed by atoms with Crippen LogP contribution in [0, 0.1) is 0 Å². The zero-order valence-electron chi connectivity index (χ0n) is 14.5. The molecule has 4 nitrogen and oxygen atoms in total. The van der Waals surface area contributed by atoms with Crippen LogP contribution in [-0.2, 0) is 6.42 Å². The number of nitrogens with one attached hydrogen (secondary N) is 1. The van der Waals surface area contributed by atoms with E-state index >= 15 is 0 Å². The van der Waals surface area contributed by atoms with Gasteiger partial charge in [0.15, 0.2) is 0 Å². The van der Waals surface area contributed by atoms with E-state index in [0.29, 0.717) is 0 Å². The Morgan fingerprint density at radius 2 is 1.81 bits per heavy atom. The van der Waals surface area contributed by atoms with Gasteiger partial charge in [0.2, 0.25) is 0 Å². The lowest BCUT2D eigenvalue weighted by Gasteiger charge is -2.07. The van der Waals surface area contributed by atoms with Gasteiger partial charge in [0, 0.05) is 11.4 Å². The fourth-order valence-corrected chi connectivity index (χ4v) is 3.86. The van der Waals surface area contributed by atoms with Crippen molar-refractivity contribution in [2.45, 2.75) is 6.42 Å². The Labute approximate surface area is 156 Å². The van der Waals surface area contributed by atoms with Crippen molar-refractivity contribution in [3.63, 3.8) is 0 Å². The van der Waals surface area contributed by atoms with Gasteiger partial charge in [-0.1, -0.05) is 42.5 Å². The fourth-order valence-electron chi connectivity index (χ4n) is 2.86. The summed E-state index contributed by atoms with van der Waals surface area (Å²) in [7, 11) is 1.68. The Balaban J connectivity index is 1.50. The van der Waals surface area contributed by atoms with E-state index < -0.39 is 0 Å². The van der Waals surface area contributed by atoms with Crippen molar-refractivity contribution in [2.24, 2.45) is 0 Å². The Morgan fingerprint density at radius 1 is 1.00 bits per heavy atom. The van der Waals surface area contributed by atoms with E-state index in [2.05, 4.69) is 57.7 Å². The lowest BCUT2D eigenvalue weighted by Crippen LogP contribution is -2.06. The van der Waals surface area contributed by atoms with Crippen molar-refractivity contribution in [3.05, 3.63) is 72.6 Å². The van der Waals surface area contributed by atoms with Gasteiger partial charge in [-0.2, -0.15) is 0 Å². The standard InChI is InChI=1S/C21H19N3OS/c1-25-17-9-7-15(8-10-17)11-12-22-20-18-13-19(16-5-3-2-4-6-16)26-21(18)24-14-23-20/h2-10,13-14H,11-12H2,1H3,(H,22,23,24). The second-order valence-electron chi connectivity index (χ2n) is 5.94. The van der Waals surface area contributed by atoms with Gasteiger partial charge >= 0.3 is 0 Å². The molecule has 2 aromatic heterocycles. The van der Waals surface area contributed by atoms with Crippen LogP contribution in [0.25, 0.3) is 20.7 Å². The summed E-state index contributed by atoms with van der Waals surface area (Å²) >= 11 is 1.69. The molecule has 5 heteroatoms. The Bertz CT molecular complexity index is 997. The highest BCUT2D eigenvalue weighted by atomic mass is 32.1. The molecule has 0 aliphatic carbocycles. The van der Waals surface area contributed by atoms with Gasteiger partial charge < -0.3 is 10.1 Å². The molecule has 4 aromatic rings. The zero-order chi connectivity index (χ0) is 17.8. The molecule has 0 unspecified atom stereocenters. The molecule has 2 aromatic carbocycles. The van der Waals surface area contributed by atoms with E-state index in [1.165, 1.54) is 16.0 Å². The van der Waals surface area contributed by atoms with E-state index in [1.807, 2.05) is 18.2 Å². The molecule has 0 saturated heterocycles. The summed E-state index contributed by atoms with van der Waals surface area (Å²) in [5, 5.41) is 4.53. The third kappa shape index (κ3) is 3.53. The van der Waals surface area contributed by atoms with E-state index in [1.54, 1.807) is 24.8 Å². The Morgan fingerprint density at radius 3 is 2.58 bits per heavy atom. The summed E-state index contributed by atoms with van der Waals surface area (Å²) in [5.41, 5.74) is 2.47. The number of hydrogen-bond donors (Lipinski definition) is 1. The SMILES string of the molecule is COc1ccc(CCNc2ncnc3sc(-c4ccccc4)cc23)cc1. The highest BCUT2D eigenvalue weighted by molar-refractivity contribution is 7.21. The number of benzene rings is 2. The molecule has 1 N–H and O–H groups in total. The van der Waals surface area contributed by atoms with Gasteiger partial charge in [-0.05, 0) is 35.7 Å². The van der Waals surface area contributed by atoms with Crippen LogP contribution in [0.5, 0.6) is 5.75 Å². The van der Waals surface area contributed by atoms with Gasteiger partial charge in [-0.3, -0.25) is 0 Å². The first-order valence-corrected chi connectivity index (χ1v) is 9.32. The number of ether oxygens (including phenoxy) is 1. The highest BCUT2D eigenvalue weighted by Crippen LogP contribution is 2.34. The first-order chi connectivity index (χ1) is 12.8. The molecule has 0 aliphatic heterocycles. The monoisotopic (exact) mass is 361 g/mol. The Kier molecular flexibility index (Phi) is 4.80. The molecule has 0 fully saturated rings. The van der Waals surface area contributed by atoms with E-state index in [0.717, 1.165) is 34.7 Å². The maximum absolute atomic E-state index is 5.20. The van der Waals surface area contributed by atoms with Crippen LogP contribution in [0.4, 0.5) is 5.82 Å². The van der Waals surface area contributed by atoms with Crippen LogP contribution < -0.4 is 10.1 Å². The largest absolute Gasteiger partial charge is 0.497 e. The van der Waals surface area contributed by atoms with Gasteiger partial charge in [0.25, 0.3) is 0 Å². The number of methoxy groups -OCH3 is 1. The molecular weight excluding hydrogens is 342 g/mol. The molecule has 0 amide bonds. The molecule has 0 radical (unpaired) electrons. The topological polar surface area (TPSA) is 47.0 Å². The first-order valence-electron chi connectivity index (χ1n) is 8.50. The van der Waals surface area contributed by atoms with E-state index in [-0.39, 0.29) is 0 Å². The van der Waals surface area contributed by atoms with Crippen molar-refractivity contribution in [2.75, 3.05) is 19.0 Å². The minimum atomic E-state index is 0.814. The highest BCUT2D eigenvalue weighted by Gasteiger charge is 2.09. The third-order valence-electron chi connectivity index (χ3n) is 4.25. The first kappa shape index (κ1) is 16.5. The summed E-state index contributed by atoms with van der Waals surface area (Å²) < 4.78 is 5.20. The quantitative estimate of drug-likeness (QED) is 0.524. The second-order valence-corrected chi connectivity index (χ2v) is 6.97. The van der Waals surface area contributed by atoms with E-state index in [9.17, 15) is 0 Å². The molecule has 4 rings (SSSR count). The molecule has 0 saturated carbocycles. The summed E-state index contributed by atoms with van der Waals surface area (Å²) in [6, 6.07) is 20.7. The lowest BCUT2D eigenvalue weighted by atomic mass is 10.1. The Hall–Kier alpha value is -2.92. The van der Waals surface area contributed by atoms with Crippen molar-refractivity contribution < 1.29 is 4.74 Å². The summed E-state index contributed by atoms with van der Waals surface area (Å²) in [6.45, 7) is 0.814. The van der Waals surface area contributed by atoms with Crippen LogP contribution in [0.2, 0.25) is 0 Å². The van der Waals surface area contributed by atoms with E-state index in [4.69, 9.17) is 4.74 Å². The molecular formula is C21H19N3OS. The number of thiophene rings is 1. The van der Waals surface area contributed by atoms with Gasteiger partial charge in [-0.15, -0.1) is 11.3 Å². The molecule has 130 valence electrons. The number of nitrogens with zero attached hydrogens (tertiary/aromatic N) is 2. The minimum absolute atomic E-state index is 0.814. The van der Waals surface area contributed by atoms with Crippen molar-refractivity contribution in [3.8, 4) is 16.2 Å². The molecule has 0 aliphatic rings. The molecule has 26 heavy (non-hydrogen) atoms. The van der Waals surface area contributed by atoms with Crippen LogP contribution in [-0.4, -0.2) is 23.6 Å².